The molecule has 1 aliphatic rings. The molecule has 24 heavy (non-hydrogen) atoms. The van der Waals surface area contributed by atoms with Gasteiger partial charge in [0.25, 0.3) is 15.9 Å². The van der Waals surface area contributed by atoms with E-state index in [2.05, 4.69) is 5.32 Å². The van der Waals surface area contributed by atoms with Gasteiger partial charge in [-0.25, -0.2) is 8.42 Å². The lowest BCUT2D eigenvalue weighted by atomic mass is 10.1. The second-order valence-electron chi connectivity index (χ2n) is 5.64. The van der Waals surface area contributed by atoms with Crippen LogP contribution in [0, 0.1) is 0 Å². The number of carbonyl (C=O) groups is 1. The van der Waals surface area contributed by atoms with Gasteiger partial charge in [-0.05, 0) is 24.3 Å². The lowest BCUT2D eigenvalue weighted by Crippen LogP contribution is -2.32. The maximum atomic E-state index is 13.1. The van der Waals surface area contributed by atoms with E-state index in [0.717, 1.165) is 0 Å². The number of amides is 1. The molecule has 0 atom stereocenters. The van der Waals surface area contributed by atoms with E-state index in [9.17, 15) is 13.2 Å². The lowest BCUT2D eigenvalue weighted by molar-refractivity contribution is 0.0801. The minimum absolute atomic E-state index is 0.194. The van der Waals surface area contributed by atoms with Crippen LogP contribution in [-0.4, -0.2) is 46.4 Å². The number of nitrogens with zero attached hydrogens (tertiary/aromatic N) is 2. The summed E-state index contributed by atoms with van der Waals surface area (Å²) in [7, 11) is -0.615. The molecular formula is C17H19N3O3S. The zero-order chi connectivity index (χ0) is 17.3. The maximum Gasteiger partial charge on any atom is 0.266 e. The molecule has 1 heterocycles. The van der Waals surface area contributed by atoms with Gasteiger partial charge in [0.05, 0.1) is 16.9 Å². The lowest BCUT2D eigenvalue weighted by Gasteiger charge is -2.23. The fraction of sp³-hybridized carbons (Fsp3) is 0.235. The third-order valence-corrected chi connectivity index (χ3v) is 5.94. The third-order valence-electron chi connectivity index (χ3n) is 4.11. The molecule has 2 aromatic rings. The summed E-state index contributed by atoms with van der Waals surface area (Å²) in [4.78, 5) is 14.5. The number of nitrogens with one attached hydrogen (secondary N) is 1. The molecule has 0 bridgehead atoms. The molecular weight excluding hydrogens is 326 g/mol. The SMILES string of the molecule is CN1CCNc2ccccc2S(=O)(=O)N(C)c2ccccc2C1=O. The van der Waals surface area contributed by atoms with Crippen molar-refractivity contribution in [3.05, 3.63) is 54.1 Å². The van der Waals surface area contributed by atoms with Crippen LogP contribution in [0.3, 0.4) is 0 Å². The highest BCUT2D eigenvalue weighted by Crippen LogP contribution is 2.30. The molecule has 3 rings (SSSR count). The Bertz CT molecular complexity index is 880. The first-order valence-corrected chi connectivity index (χ1v) is 9.03. The molecule has 0 aliphatic carbocycles. The summed E-state index contributed by atoms with van der Waals surface area (Å²) in [6, 6.07) is 13.5. The van der Waals surface area contributed by atoms with Crippen molar-refractivity contribution in [2.24, 2.45) is 0 Å². The summed E-state index contributed by atoms with van der Waals surface area (Å²) in [6.07, 6.45) is 0. The summed E-state index contributed by atoms with van der Waals surface area (Å²) in [5, 5.41) is 3.11. The summed E-state index contributed by atoms with van der Waals surface area (Å²) in [5.74, 6) is -0.208. The molecule has 7 heteroatoms. The van der Waals surface area contributed by atoms with E-state index >= 15 is 0 Å². The minimum Gasteiger partial charge on any atom is -0.382 e. The first-order valence-electron chi connectivity index (χ1n) is 7.59. The molecule has 126 valence electrons. The number of benzene rings is 2. The number of carbonyl (C=O) groups excluding carboxylic acids is 1. The molecule has 2 aromatic carbocycles. The molecule has 0 spiro atoms. The van der Waals surface area contributed by atoms with Crippen molar-refractivity contribution < 1.29 is 13.2 Å². The van der Waals surface area contributed by atoms with Crippen molar-refractivity contribution in [3.8, 4) is 0 Å². The summed E-state index contributed by atoms with van der Waals surface area (Å²) in [6.45, 7) is 0.923. The summed E-state index contributed by atoms with van der Waals surface area (Å²) in [5.41, 5.74) is 1.26. The highest BCUT2D eigenvalue weighted by atomic mass is 32.2. The van der Waals surface area contributed by atoms with Gasteiger partial charge in [-0.1, -0.05) is 24.3 Å². The Morgan fingerprint density at radius 2 is 1.67 bits per heavy atom. The Labute approximate surface area is 141 Å². The average molecular weight is 345 g/mol. The summed E-state index contributed by atoms with van der Waals surface area (Å²) >= 11 is 0. The molecule has 0 aromatic heterocycles. The molecule has 0 fully saturated rings. The number of sulfonamides is 1. The minimum atomic E-state index is -3.79. The number of fused-ring (bicyclic) bond motifs is 2. The predicted octanol–water partition coefficient (Wildman–Crippen LogP) is 2.01. The number of hydrogen-bond acceptors (Lipinski definition) is 4. The van der Waals surface area contributed by atoms with Crippen LogP contribution in [0.15, 0.2) is 53.4 Å². The highest BCUT2D eigenvalue weighted by molar-refractivity contribution is 7.93. The Balaban J connectivity index is 2.23. The second kappa shape index (κ2) is 6.16. The van der Waals surface area contributed by atoms with Crippen molar-refractivity contribution in [2.75, 3.05) is 36.8 Å². The number of hydrogen-bond donors (Lipinski definition) is 1. The van der Waals surface area contributed by atoms with E-state index in [4.69, 9.17) is 0 Å². The van der Waals surface area contributed by atoms with Crippen LogP contribution in [-0.2, 0) is 10.0 Å². The molecule has 1 amide bonds. The van der Waals surface area contributed by atoms with Gasteiger partial charge in [-0.3, -0.25) is 9.10 Å². The van der Waals surface area contributed by atoms with Gasteiger partial charge in [0.1, 0.15) is 4.90 Å². The molecule has 1 N–H and O–H groups in total. The standard InChI is InChI=1S/C17H19N3O3S/c1-19-12-11-18-14-8-4-6-10-16(14)24(22,23)20(2)15-9-5-3-7-13(15)17(19)21/h3-10,18H,11-12H2,1-2H3. The maximum absolute atomic E-state index is 13.1. The second-order valence-corrected chi connectivity index (χ2v) is 7.58. The number of likely N-dealkylation sites (N-methyl/N-ethyl adjacent to an activating group) is 1. The fourth-order valence-electron chi connectivity index (χ4n) is 2.71. The van der Waals surface area contributed by atoms with Crippen LogP contribution in [0.25, 0.3) is 0 Å². The fourth-order valence-corrected chi connectivity index (χ4v) is 4.09. The smallest absolute Gasteiger partial charge is 0.266 e. The van der Waals surface area contributed by atoms with Gasteiger partial charge in [0, 0.05) is 27.2 Å². The van der Waals surface area contributed by atoms with E-state index < -0.39 is 10.0 Å². The van der Waals surface area contributed by atoms with E-state index in [0.29, 0.717) is 30.0 Å². The average Bonchev–Trinajstić information content (AvgIpc) is 2.60. The van der Waals surface area contributed by atoms with Crippen molar-refractivity contribution in [3.63, 3.8) is 0 Å². The monoisotopic (exact) mass is 345 g/mol. The largest absolute Gasteiger partial charge is 0.382 e. The Morgan fingerprint density at radius 3 is 2.46 bits per heavy atom. The van der Waals surface area contributed by atoms with E-state index in [1.807, 2.05) is 0 Å². The molecule has 1 aliphatic heterocycles. The Kier molecular flexibility index (Phi) is 4.19. The van der Waals surface area contributed by atoms with Crippen molar-refractivity contribution >= 4 is 27.3 Å². The van der Waals surface area contributed by atoms with Crippen LogP contribution in [0.2, 0.25) is 0 Å². The topological polar surface area (TPSA) is 69.7 Å². The Hall–Kier alpha value is -2.54. The van der Waals surface area contributed by atoms with Crippen molar-refractivity contribution in [1.29, 1.82) is 0 Å². The highest BCUT2D eigenvalue weighted by Gasteiger charge is 2.28. The quantitative estimate of drug-likeness (QED) is 0.793. The summed E-state index contributed by atoms with van der Waals surface area (Å²) < 4.78 is 27.3. The molecule has 0 unspecified atom stereocenters. The van der Waals surface area contributed by atoms with Gasteiger partial charge < -0.3 is 10.2 Å². The van der Waals surface area contributed by atoms with Crippen LogP contribution in [0.5, 0.6) is 0 Å². The molecule has 0 radical (unpaired) electrons. The zero-order valence-corrected chi connectivity index (χ0v) is 14.4. The predicted molar refractivity (Wildman–Crippen MR) is 93.9 cm³/mol. The molecule has 0 saturated heterocycles. The van der Waals surface area contributed by atoms with Gasteiger partial charge in [0.15, 0.2) is 0 Å². The number of para-hydroxylation sites is 2. The van der Waals surface area contributed by atoms with E-state index in [-0.39, 0.29) is 10.8 Å². The Morgan fingerprint density at radius 1 is 1.00 bits per heavy atom. The van der Waals surface area contributed by atoms with E-state index in [1.165, 1.54) is 11.4 Å². The molecule has 0 saturated carbocycles. The van der Waals surface area contributed by atoms with Crippen molar-refractivity contribution in [2.45, 2.75) is 4.90 Å². The first kappa shape index (κ1) is 16.3. The van der Waals surface area contributed by atoms with Crippen molar-refractivity contribution in [1.82, 2.24) is 4.90 Å². The van der Waals surface area contributed by atoms with Crippen LogP contribution in [0.4, 0.5) is 11.4 Å². The van der Waals surface area contributed by atoms with E-state index in [1.54, 1.807) is 60.5 Å². The molecule has 6 nitrogen and oxygen atoms in total. The number of rotatable bonds is 0. The van der Waals surface area contributed by atoms with Gasteiger partial charge in [-0.2, -0.15) is 0 Å². The van der Waals surface area contributed by atoms with Crippen LogP contribution < -0.4 is 9.62 Å². The normalized spacial score (nSPS) is 17.3. The van der Waals surface area contributed by atoms with Crippen LogP contribution in [0.1, 0.15) is 10.4 Å². The van der Waals surface area contributed by atoms with Crippen LogP contribution >= 0.6 is 0 Å². The first-order chi connectivity index (χ1) is 11.4. The van der Waals surface area contributed by atoms with Gasteiger partial charge >= 0.3 is 0 Å². The number of anilines is 2. The third kappa shape index (κ3) is 2.71. The van der Waals surface area contributed by atoms with Gasteiger partial charge in [-0.15, -0.1) is 0 Å². The zero-order valence-electron chi connectivity index (χ0n) is 13.6. The van der Waals surface area contributed by atoms with Gasteiger partial charge in [0.2, 0.25) is 0 Å².